The lowest BCUT2D eigenvalue weighted by Gasteiger charge is -2.24. The zero-order chi connectivity index (χ0) is 15.0. The number of hydrogen-bond donors (Lipinski definition) is 0. The van der Waals surface area contributed by atoms with Crippen molar-refractivity contribution >= 4 is 32.3 Å². The smallest absolute Gasteiger partial charge is 0.0601 e. The van der Waals surface area contributed by atoms with Crippen LogP contribution in [0.1, 0.15) is 16.7 Å². The van der Waals surface area contributed by atoms with Crippen molar-refractivity contribution in [2.24, 2.45) is 0 Å². The van der Waals surface area contributed by atoms with Crippen LogP contribution in [0.3, 0.4) is 0 Å². The van der Waals surface area contributed by atoms with E-state index in [2.05, 4.69) is 78.9 Å². The summed E-state index contributed by atoms with van der Waals surface area (Å²) in [5.74, 6) is 1.41. The molecule has 23 heavy (non-hydrogen) atoms. The monoisotopic (exact) mass is 289 g/mol. The molecule has 0 fully saturated rings. The van der Waals surface area contributed by atoms with Crippen LogP contribution in [0.4, 0.5) is 0 Å². The maximum atomic E-state index is 2.34. The molecule has 0 atom stereocenters. The van der Waals surface area contributed by atoms with Gasteiger partial charge in [-0.1, -0.05) is 18.2 Å². The van der Waals surface area contributed by atoms with Crippen molar-refractivity contribution in [1.82, 2.24) is 0 Å². The molecule has 0 N–H and O–H groups in total. The van der Waals surface area contributed by atoms with Gasteiger partial charge in [0.05, 0.1) is 22.6 Å². The van der Waals surface area contributed by atoms with Crippen LogP contribution in [-0.4, -0.2) is 0 Å². The maximum Gasteiger partial charge on any atom is 0.0713 e. The topological polar surface area (TPSA) is 0 Å². The van der Waals surface area contributed by atoms with E-state index in [1.807, 2.05) is 0 Å². The Morgan fingerprint density at radius 3 is 2.35 bits per heavy atom. The third-order valence-corrected chi connectivity index (χ3v) is 5.24. The van der Waals surface area contributed by atoms with Gasteiger partial charge in [-0.25, -0.2) is 0 Å². The van der Waals surface area contributed by atoms with Crippen molar-refractivity contribution in [2.75, 3.05) is 0 Å². The van der Waals surface area contributed by atoms with Gasteiger partial charge in [0.1, 0.15) is 0 Å². The number of hydrogen-bond acceptors (Lipinski definition) is 0. The summed E-state index contributed by atoms with van der Waals surface area (Å²) < 4.78 is 0. The van der Waals surface area contributed by atoms with E-state index in [-0.39, 0.29) is 0 Å². The maximum absolute atomic E-state index is 2.34. The molecule has 3 aliphatic rings. The van der Waals surface area contributed by atoms with Gasteiger partial charge in [0, 0.05) is 38.4 Å². The van der Waals surface area contributed by atoms with Crippen LogP contribution in [0.15, 0.2) is 78.9 Å². The summed E-state index contributed by atoms with van der Waals surface area (Å²) >= 11 is 0. The minimum absolute atomic E-state index is 1.33. The number of benzene rings is 3. The first-order chi connectivity index (χ1) is 11.4. The van der Waals surface area contributed by atoms with Gasteiger partial charge in [-0.3, -0.25) is 0 Å². The fourth-order valence-electron chi connectivity index (χ4n) is 4.33. The second-order valence-corrected chi connectivity index (χ2v) is 6.39. The summed E-state index contributed by atoms with van der Waals surface area (Å²) in [7, 11) is 0. The molecular formula is C23H13+. The largest absolute Gasteiger partial charge is 0.0713 e. The molecule has 0 radical (unpaired) electrons. The van der Waals surface area contributed by atoms with Gasteiger partial charge in [-0.15, -0.1) is 0 Å². The van der Waals surface area contributed by atoms with Gasteiger partial charge in [0.2, 0.25) is 0 Å². The van der Waals surface area contributed by atoms with Gasteiger partial charge in [-0.2, -0.15) is 0 Å². The highest BCUT2D eigenvalue weighted by molar-refractivity contribution is 6.17. The summed E-state index contributed by atoms with van der Waals surface area (Å²) in [6.07, 6.45) is 0. The first-order valence-electron chi connectivity index (χ1n) is 8.05. The average Bonchev–Trinajstić information content (AvgIpc) is 2.62. The highest BCUT2D eigenvalue weighted by atomic mass is 14.3. The van der Waals surface area contributed by atoms with E-state index in [1.165, 1.54) is 54.9 Å². The Kier molecular flexibility index (Phi) is 1.94. The van der Waals surface area contributed by atoms with Gasteiger partial charge in [-0.05, 0) is 54.6 Å². The van der Waals surface area contributed by atoms with Gasteiger partial charge >= 0.3 is 0 Å². The minimum atomic E-state index is 1.33. The molecule has 104 valence electrons. The molecule has 0 amide bonds. The fourth-order valence-corrected chi connectivity index (χ4v) is 4.33. The molecule has 0 heteroatoms. The molecule has 3 aromatic rings. The molecular weight excluding hydrogens is 276 g/mol. The van der Waals surface area contributed by atoms with E-state index in [0.29, 0.717) is 0 Å². The quantitative estimate of drug-likeness (QED) is 0.305. The zero-order valence-corrected chi connectivity index (χ0v) is 12.5. The Morgan fingerprint density at radius 2 is 1.39 bits per heavy atom. The van der Waals surface area contributed by atoms with E-state index in [0.717, 1.165) is 0 Å². The molecule has 0 saturated heterocycles. The van der Waals surface area contributed by atoms with Gasteiger partial charge in [0.25, 0.3) is 0 Å². The molecule has 0 unspecified atom stereocenters. The average molecular weight is 289 g/mol. The lowest BCUT2D eigenvalue weighted by atomic mass is 9.73. The normalized spacial score (nSPS) is 13.1. The fraction of sp³-hybridized carbons (Fsp3) is 0. The molecule has 0 heterocycles. The molecule has 0 spiro atoms. The second-order valence-electron chi connectivity index (χ2n) is 6.39. The van der Waals surface area contributed by atoms with Gasteiger partial charge < -0.3 is 0 Å². The summed E-state index contributed by atoms with van der Waals surface area (Å²) in [4.78, 5) is 0. The van der Waals surface area contributed by atoms with Crippen LogP contribution in [0.25, 0.3) is 32.3 Å². The lowest BCUT2D eigenvalue weighted by molar-refractivity contribution is 1.25. The van der Waals surface area contributed by atoms with Crippen molar-refractivity contribution in [3.63, 3.8) is 0 Å². The molecule has 3 aliphatic carbocycles. The van der Waals surface area contributed by atoms with Crippen molar-refractivity contribution in [1.29, 1.82) is 0 Å². The highest BCUT2D eigenvalue weighted by Crippen LogP contribution is 2.48. The first-order valence-corrected chi connectivity index (χ1v) is 8.05. The molecule has 6 rings (SSSR count). The standard InChI is InChI=1S/C23H13/c1-2-9-18-17(8-1)19-10-4-7-16-13-15-6-3-5-14-11-12-20(18)23(21(14)15)22(16)19/h1-13H/q+1. The molecule has 0 aliphatic heterocycles. The first kappa shape index (κ1) is 11.6. The van der Waals surface area contributed by atoms with Crippen molar-refractivity contribution in [3.05, 3.63) is 101 Å². The van der Waals surface area contributed by atoms with Crippen LogP contribution >= 0.6 is 0 Å². The van der Waals surface area contributed by atoms with Crippen LogP contribution in [0.2, 0.25) is 0 Å². The minimum Gasteiger partial charge on any atom is -0.0601 e. The van der Waals surface area contributed by atoms with E-state index < -0.39 is 0 Å². The van der Waals surface area contributed by atoms with E-state index in [1.54, 1.807) is 0 Å². The molecule has 0 saturated carbocycles. The van der Waals surface area contributed by atoms with Crippen LogP contribution in [0, 0.1) is 5.92 Å². The Bertz CT molecular complexity index is 1210. The Balaban J connectivity index is 2.05. The van der Waals surface area contributed by atoms with E-state index in [4.69, 9.17) is 0 Å². The predicted octanol–water partition coefficient (Wildman–Crippen LogP) is 5.92. The molecule has 0 nitrogen and oxygen atoms in total. The number of rotatable bonds is 0. The Hall–Kier alpha value is -2.99. The second kappa shape index (κ2) is 3.85. The van der Waals surface area contributed by atoms with Gasteiger partial charge in [0.15, 0.2) is 0 Å². The van der Waals surface area contributed by atoms with Crippen LogP contribution in [0.5, 0.6) is 0 Å². The number of fused-ring (bicyclic) bond motifs is 3. The molecule has 0 bridgehead atoms. The van der Waals surface area contributed by atoms with Crippen molar-refractivity contribution < 1.29 is 0 Å². The predicted molar refractivity (Wildman–Crippen MR) is 97.1 cm³/mol. The van der Waals surface area contributed by atoms with E-state index >= 15 is 0 Å². The van der Waals surface area contributed by atoms with E-state index in [9.17, 15) is 0 Å². The molecule has 3 aromatic carbocycles. The third kappa shape index (κ3) is 1.30. The highest BCUT2D eigenvalue weighted by Gasteiger charge is 2.35. The summed E-state index contributed by atoms with van der Waals surface area (Å²) in [5, 5.41) is 8.14. The van der Waals surface area contributed by atoms with Crippen LogP contribution < -0.4 is 0 Å². The summed E-state index contributed by atoms with van der Waals surface area (Å²) in [6, 6.07) is 29.0. The SMILES string of the molecule is c1cc2cc3cccc4ccc5c(c43)[C+]2c(c1)c1ccccc15. The van der Waals surface area contributed by atoms with Crippen molar-refractivity contribution in [2.45, 2.75) is 0 Å². The van der Waals surface area contributed by atoms with Crippen molar-refractivity contribution in [3.8, 4) is 0 Å². The summed E-state index contributed by atoms with van der Waals surface area (Å²) in [5.41, 5.74) is 4.12. The third-order valence-electron chi connectivity index (χ3n) is 5.24. The van der Waals surface area contributed by atoms with Crippen LogP contribution in [-0.2, 0) is 0 Å². The Morgan fingerprint density at radius 1 is 0.565 bits per heavy atom. The molecule has 0 aromatic heterocycles. The summed E-state index contributed by atoms with van der Waals surface area (Å²) in [6.45, 7) is 0. The zero-order valence-electron chi connectivity index (χ0n) is 12.5. The lowest BCUT2D eigenvalue weighted by Crippen LogP contribution is -2.12. The Labute approximate surface area is 134 Å².